The Kier molecular flexibility index (Phi) is 5.76. The van der Waals surface area contributed by atoms with E-state index < -0.39 is 15.4 Å². The molecule has 0 N–H and O–H groups in total. The second-order valence-electron chi connectivity index (χ2n) is 9.18. The van der Waals surface area contributed by atoms with Gasteiger partial charge >= 0.3 is 0 Å². The fraction of sp³-hybridized carbons (Fsp3) is 0.636. The van der Waals surface area contributed by atoms with E-state index in [0.717, 1.165) is 31.2 Å². The van der Waals surface area contributed by atoms with E-state index in [1.165, 1.54) is 9.21 Å². The summed E-state index contributed by atoms with van der Waals surface area (Å²) in [5.41, 5.74) is 0.656. The van der Waals surface area contributed by atoms with Gasteiger partial charge < -0.3 is 0 Å². The molecule has 2 aliphatic heterocycles. The highest BCUT2D eigenvalue weighted by Crippen LogP contribution is 2.46. The second kappa shape index (κ2) is 8.05. The van der Waals surface area contributed by atoms with Crippen LogP contribution in [0.4, 0.5) is 0 Å². The first-order valence-electron chi connectivity index (χ1n) is 10.9. The maximum absolute atomic E-state index is 13.0. The highest BCUT2D eigenvalue weighted by Gasteiger charge is 2.52. The molecule has 1 spiro atoms. The fourth-order valence-electron chi connectivity index (χ4n) is 4.93. The van der Waals surface area contributed by atoms with Gasteiger partial charge in [0, 0.05) is 32.6 Å². The van der Waals surface area contributed by atoms with Gasteiger partial charge in [-0.3, -0.25) is 19.4 Å². The van der Waals surface area contributed by atoms with Crippen LogP contribution in [0.1, 0.15) is 57.4 Å². The molecule has 0 radical (unpaired) electrons. The van der Waals surface area contributed by atoms with E-state index in [2.05, 4.69) is 13.8 Å². The van der Waals surface area contributed by atoms with Crippen molar-refractivity contribution in [1.29, 1.82) is 0 Å². The van der Waals surface area contributed by atoms with Crippen molar-refractivity contribution in [3.05, 3.63) is 29.8 Å². The third-order valence-electron chi connectivity index (χ3n) is 6.91. The van der Waals surface area contributed by atoms with Gasteiger partial charge in [0.15, 0.2) is 0 Å². The summed E-state index contributed by atoms with van der Waals surface area (Å²) in [7, 11) is -3.54. The topological polar surface area (TPSA) is 78.0 Å². The molecule has 1 saturated carbocycles. The van der Waals surface area contributed by atoms with Gasteiger partial charge in [-0.25, -0.2) is 8.42 Å². The van der Waals surface area contributed by atoms with E-state index in [1.54, 1.807) is 12.1 Å². The lowest BCUT2D eigenvalue weighted by Gasteiger charge is -2.35. The highest BCUT2D eigenvalue weighted by atomic mass is 32.2. The standard InChI is InChI=1S/C22H31N3O4S/c1-17(2)18-5-7-19(8-6-18)30(28,29)24-13-11-23(12-14-24)16-25-20(26)15-22(21(25)27)9-3-4-10-22/h5-8,17H,3-4,9-16H2,1-2H3. The first-order valence-corrected chi connectivity index (χ1v) is 12.3. The average molecular weight is 434 g/mol. The molecule has 3 fully saturated rings. The van der Waals surface area contributed by atoms with Crippen molar-refractivity contribution in [3.63, 3.8) is 0 Å². The van der Waals surface area contributed by atoms with Gasteiger partial charge in [0.2, 0.25) is 21.8 Å². The first-order chi connectivity index (χ1) is 14.2. The Morgan fingerprint density at radius 3 is 2.13 bits per heavy atom. The molecule has 0 unspecified atom stereocenters. The summed E-state index contributed by atoms with van der Waals surface area (Å²) in [6.07, 6.45) is 4.00. The number of hydrogen-bond acceptors (Lipinski definition) is 5. The van der Waals surface area contributed by atoms with Crippen LogP contribution in [0.5, 0.6) is 0 Å². The zero-order valence-corrected chi connectivity index (χ0v) is 18.7. The number of hydrogen-bond donors (Lipinski definition) is 0. The van der Waals surface area contributed by atoms with E-state index in [9.17, 15) is 18.0 Å². The van der Waals surface area contributed by atoms with Gasteiger partial charge in [0.25, 0.3) is 0 Å². The van der Waals surface area contributed by atoms with E-state index in [-0.39, 0.29) is 18.5 Å². The summed E-state index contributed by atoms with van der Waals surface area (Å²) in [6.45, 7) is 6.16. The maximum Gasteiger partial charge on any atom is 0.243 e. The number of nitrogens with zero attached hydrogens (tertiary/aromatic N) is 3. The molecule has 0 aromatic heterocycles. The van der Waals surface area contributed by atoms with Crippen LogP contribution in [0, 0.1) is 5.41 Å². The van der Waals surface area contributed by atoms with Gasteiger partial charge in [-0.15, -0.1) is 0 Å². The Morgan fingerprint density at radius 2 is 1.57 bits per heavy atom. The number of carbonyl (C=O) groups excluding carboxylic acids is 2. The Labute approximate surface area is 179 Å². The summed E-state index contributed by atoms with van der Waals surface area (Å²) in [5, 5.41) is 0. The van der Waals surface area contributed by atoms with Crippen molar-refractivity contribution in [1.82, 2.24) is 14.1 Å². The minimum atomic E-state index is -3.54. The molecule has 1 aromatic rings. The zero-order chi connectivity index (χ0) is 21.5. The van der Waals surface area contributed by atoms with Crippen molar-refractivity contribution < 1.29 is 18.0 Å². The molecular formula is C22H31N3O4S. The first kappa shape index (κ1) is 21.5. The predicted octanol–water partition coefficient (Wildman–Crippen LogP) is 2.39. The number of piperazine rings is 1. The molecule has 30 heavy (non-hydrogen) atoms. The zero-order valence-electron chi connectivity index (χ0n) is 17.8. The Bertz CT molecular complexity index is 912. The van der Waals surface area contributed by atoms with E-state index in [0.29, 0.717) is 43.4 Å². The lowest BCUT2D eigenvalue weighted by atomic mass is 9.85. The molecule has 2 amide bonds. The second-order valence-corrected chi connectivity index (χ2v) is 11.1. The molecule has 2 saturated heterocycles. The normalized spacial score (nSPS) is 23.2. The SMILES string of the molecule is CC(C)c1ccc(S(=O)(=O)N2CCN(CN3C(=O)CC4(CCCC4)C3=O)CC2)cc1. The molecule has 1 aromatic carbocycles. The third kappa shape index (κ3) is 3.81. The van der Waals surface area contributed by atoms with Crippen LogP contribution in [-0.2, 0) is 19.6 Å². The van der Waals surface area contributed by atoms with E-state index >= 15 is 0 Å². The molecule has 0 bridgehead atoms. The smallest absolute Gasteiger partial charge is 0.243 e. The summed E-state index contributed by atoms with van der Waals surface area (Å²) < 4.78 is 27.5. The fourth-order valence-corrected chi connectivity index (χ4v) is 6.35. The number of likely N-dealkylation sites (tertiary alicyclic amines) is 1. The number of carbonyl (C=O) groups is 2. The number of sulfonamides is 1. The Hall–Kier alpha value is -1.77. The van der Waals surface area contributed by atoms with Crippen molar-refractivity contribution in [2.45, 2.75) is 56.8 Å². The average Bonchev–Trinajstić information content (AvgIpc) is 3.29. The predicted molar refractivity (Wildman–Crippen MR) is 113 cm³/mol. The van der Waals surface area contributed by atoms with Crippen LogP contribution in [0.3, 0.4) is 0 Å². The van der Waals surface area contributed by atoms with Gasteiger partial charge in [0.1, 0.15) is 0 Å². The molecule has 7 nitrogen and oxygen atoms in total. The molecular weight excluding hydrogens is 402 g/mol. The number of benzene rings is 1. The van der Waals surface area contributed by atoms with Crippen LogP contribution in [0.25, 0.3) is 0 Å². The molecule has 3 aliphatic rings. The van der Waals surface area contributed by atoms with Crippen LogP contribution < -0.4 is 0 Å². The van der Waals surface area contributed by atoms with Gasteiger partial charge in [-0.2, -0.15) is 4.31 Å². The van der Waals surface area contributed by atoms with Crippen molar-refractivity contribution in [2.75, 3.05) is 32.8 Å². The summed E-state index contributed by atoms with van der Waals surface area (Å²) in [4.78, 5) is 29.1. The maximum atomic E-state index is 13.0. The molecule has 164 valence electrons. The highest BCUT2D eigenvalue weighted by molar-refractivity contribution is 7.89. The van der Waals surface area contributed by atoms with Crippen molar-refractivity contribution in [3.8, 4) is 0 Å². The Morgan fingerprint density at radius 1 is 0.967 bits per heavy atom. The lowest BCUT2D eigenvalue weighted by molar-refractivity contribution is -0.144. The number of amides is 2. The molecule has 1 aliphatic carbocycles. The molecule has 2 heterocycles. The van der Waals surface area contributed by atoms with Gasteiger partial charge in [-0.1, -0.05) is 38.8 Å². The van der Waals surface area contributed by atoms with Crippen LogP contribution >= 0.6 is 0 Å². The largest absolute Gasteiger partial charge is 0.283 e. The number of rotatable bonds is 5. The van der Waals surface area contributed by atoms with Crippen LogP contribution in [-0.4, -0.2) is 67.2 Å². The molecule has 8 heteroatoms. The molecule has 0 atom stereocenters. The van der Waals surface area contributed by atoms with Crippen molar-refractivity contribution in [2.24, 2.45) is 5.41 Å². The van der Waals surface area contributed by atoms with Gasteiger partial charge in [0.05, 0.1) is 17.0 Å². The molecule has 4 rings (SSSR count). The summed E-state index contributed by atoms with van der Waals surface area (Å²) in [5.74, 6) is 0.247. The van der Waals surface area contributed by atoms with E-state index in [4.69, 9.17) is 0 Å². The van der Waals surface area contributed by atoms with Crippen molar-refractivity contribution >= 4 is 21.8 Å². The monoisotopic (exact) mass is 433 g/mol. The lowest BCUT2D eigenvalue weighted by Crippen LogP contribution is -2.52. The third-order valence-corrected chi connectivity index (χ3v) is 8.82. The quantitative estimate of drug-likeness (QED) is 0.667. The van der Waals surface area contributed by atoms with Crippen LogP contribution in [0.2, 0.25) is 0 Å². The van der Waals surface area contributed by atoms with Crippen LogP contribution in [0.15, 0.2) is 29.2 Å². The Balaban J connectivity index is 1.37. The minimum Gasteiger partial charge on any atom is -0.283 e. The summed E-state index contributed by atoms with van der Waals surface area (Å²) in [6, 6.07) is 7.10. The van der Waals surface area contributed by atoms with Gasteiger partial charge in [-0.05, 0) is 36.5 Å². The van der Waals surface area contributed by atoms with E-state index in [1.807, 2.05) is 17.0 Å². The summed E-state index contributed by atoms with van der Waals surface area (Å²) >= 11 is 0. The number of imide groups is 1. The minimum absolute atomic E-state index is 0.0229.